The van der Waals surface area contributed by atoms with Gasteiger partial charge < -0.3 is 10.0 Å². The largest absolute Gasteiger partial charge is 0.465 e. The molecule has 1 amide bonds. The summed E-state index contributed by atoms with van der Waals surface area (Å²) in [6.45, 7) is -0.940. The lowest BCUT2D eigenvalue weighted by atomic mass is 9.87. The fourth-order valence-corrected chi connectivity index (χ4v) is 2.51. The molecule has 1 aliphatic rings. The maximum atomic E-state index is 14.4. The van der Waals surface area contributed by atoms with E-state index in [1.54, 1.807) is 0 Å². The molecular weight excluding hydrogens is 334 g/mol. The quantitative estimate of drug-likeness (QED) is 0.792. The van der Waals surface area contributed by atoms with E-state index in [2.05, 4.69) is 15.9 Å². The Labute approximate surface area is 113 Å². The van der Waals surface area contributed by atoms with Crippen LogP contribution in [-0.4, -0.2) is 29.2 Å². The summed E-state index contributed by atoms with van der Waals surface area (Å²) in [5, 5.41) is 8.63. The predicted octanol–water partition coefficient (Wildman–Crippen LogP) is 3.63. The van der Waals surface area contributed by atoms with Crippen LogP contribution >= 0.6 is 15.9 Å². The smallest absolute Gasteiger partial charge is 0.416 e. The van der Waals surface area contributed by atoms with Gasteiger partial charge in [0.1, 0.15) is 0 Å². The zero-order chi connectivity index (χ0) is 14.4. The third-order valence-corrected chi connectivity index (χ3v) is 3.62. The van der Waals surface area contributed by atoms with Gasteiger partial charge in [-0.15, -0.1) is 0 Å². The molecule has 104 valence electrons. The van der Waals surface area contributed by atoms with Crippen molar-refractivity contribution < 1.29 is 27.5 Å². The molecule has 1 saturated heterocycles. The number of halogens is 5. The van der Waals surface area contributed by atoms with E-state index >= 15 is 0 Å². The number of nitrogens with zero attached hydrogens (tertiary/aromatic N) is 1. The molecule has 0 spiro atoms. The first-order valence-corrected chi connectivity index (χ1v) is 5.97. The van der Waals surface area contributed by atoms with Gasteiger partial charge >= 0.3 is 12.3 Å². The fraction of sp³-hybridized carbons (Fsp3) is 0.364. The average molecular weight is 342 g/mol. The third-order valence-electron chi connectivity index (χ3n) is 2.93. The molecule has 0 aliphatic carbocycles. The number of carboxylic acid groups (broad SMARTS) is 1. The van der Waals surface area contributed by atoms with Gasteiger partial charge in [-0.3, -0.25) is 0 Å². The standard InChI is InChI=1S/C11H8BrF4NO2/c12-8-2-1-6(11(14,15)16)3-7(8)10(13)4-17(5-10)9(18)19/h1-3H,4-5H2,(H,18,19). The van der Waals surface area contributed by atoms with Gasteiger partial charge in [0, 0.05) is 10.0 Å². The lowest BCUT2D eigenvalue weighted by Crippen LogP contribution is -2.58. The normalized spacial score (nSPS) is 18.1. The van der Waals surface area contributed by atoms with E-state index in [1.165, 1.54) is 0 Å². The number of alkyl halides is 4. The summed E-state index contributed by atoms with van der Waals surface area (Å²) in [7, 11) is 0. The van der Waals surface area contributed by atoms with Crippen LogP contribution < -0.4 is 0 Å². The van der Waals surface area contributed by atoms with E-state index in [0.29, 0.717) is 6.07 Å². The van der Waals surface area contributed by atoms with Crippen LogP contribution in [-0.2, 0) is 11.8 Å². The van der Waals surface area contributed by atoms with Crippen molar-refractivity contribution in [2.75, 3.05) is 13.1 Å². The summed E-state index contributed by atoms with van der Waals surface area (Å²) in [6.07, 6.45) is -5.86. The second-order valence-electron chi connectivity index (χ2n) is 4.30. The van der Waals surface area contributed by atoms with Crippen LogP contribution in [0, 0.1) is 0 Å². The van der Waals surface area contributed by atoms with E-state index in [1.807, 2.05) is 0 Å². The minimum absolute atomic E-state index is 0.181. The van der Waals surface area contributed by atoms with Crippen LogP contribution in [0.25, 0.3) is 0 Å². The van der Waals surface area contributed by atoms with E-state index in [0.717, 1.165) is 17.0 Å². The summed E-state index contributed by atoms with van der Waals surface area (Å²) < 4.78 is 52.3. The molecule has 0 atom stereocenters. The Hall–Kier alpha value is -1.31. The van der Waals surface area contributed by atoms with Crippen LogP contribution in [0.15, 0.2) is 22.7 Å². The molecule has 3 nitrogen and oxygen atoms in total. The highest BCUT2D eigenvalue weighted by Crippen LogP contribution is 2.42. The molecule has 2 rings (SSSR count). The average Bonchev–Trinajstić information content (AvgIpc) is 2.23. The van der Waals surface area contributed by atoms with Gasteiger partial charge in [-0.2, -0.15) is 13.2 Å². The molecule has 0 saturated carbocycles. The fourth-order valence-electron chi connectivity index (χ4n) is 1.91. The van der Waals surface area contributed by atoms with Gasteiger partial charge in [0.15, 0.2) is 5.67 Å². The van der Waals surface area contributed by atoms with Gasteiger partial charge in [-0.25, -0.2) is 9.18 Å². The minimum atomic E-state index is -4.57. The maximum absolute atomic E-state index is 14.4. The molecule has 8 heteroatoms. The van der Waals surface area contributed by atoms with Crippen LogP contribution in [0.1, 0.15) is 11.1 Å². The van der Waals surface area contributed by atoms with Gasteiger partial charge in [0.25, 0.3) is 0 Å². The Morgan fingerprint density at radius 3 is 2.42 bits per heavy atom. The van der Waals surface area contributed by atoms with Crippen LogP contribution in [0.5, 0.6) is 0 Å². The topological polar surface area (TPSA) is 40.5 Å². The molecule has 0 bridgehead atoms. The van der Waals surface area contributed by atoms with Gasteiger partial charge in [-0.1, -0.05) is 15.9 Å². The Bertz CT molecular complexity index is 526. The summed E-state index contributed by atoms with van der Waals surface area (Å²) in [6, 6.07) is 2.66. The first kappa shape index (κ1) is 14.1. The molecule has 1 aromatic rings. The number of hydrogen-bond donors (Lipinski definition) is 1. The molecule has 1 heterocycles. The first-order chi connectivity index (χ1) is 8.63. The molecule has 1 fully saturated rings. The highest BCUT2D eigenvalue weighted by molar-refractivity contribution is 9.10. The number of carbonyl (C=O) groups is 1. The zero-order valence-corrected chi connectivity index (χ0v) is 10.9. The van der Waals surface area contributed by atoms with Crippen molar-refractivity contribution >= 4 is 22.0 Å². The van der Waals surface area contributed by atoms with Crippen molar-refractivity contribution in [3.8, 4) is 0 Å². The van der Waals surface area contributed by atoms with E-state index in [4.69, 9.17) is 5.11 Å². The Balaban J connectivity index is 2.33. The van der Waals surface area contributed by atoms with Crippen LogP contribution in [0.4, 0.5) is 22.4 Å². The lowest BCUT2D eigenvalue weighted by Gasteiger charge is -2.43. The first-order valence-electron chi connectivity index (χ1n) is 5.17. The van der Waals surface area contributed by atoms with Crippen molar-refractivity contribution in [2.45, 2.75) is 11.8 Å². The van der Waals surface area contributed by atoms with Crippen molar-refractivity contribution in [1.29, 1.82) is 0 Å². The Kier molecular flexibility index (Phi) is 3.24. The van der Waals surface area contributed by atoms with Crippen molar-refractivity contribution in [3.63, 3.8) is 0 Å². The SMILES string of the molecule is O=C(O)N1CC(F)(c2cc(C(F)(F)F)ccc2Br)C1. The highest BCUT2D eigenvalue weighted by Gasteiger charge is 2.49. The molecule has 0 aromatic heterocycles. The number of likely N-dealkylation sites (tertiary alicyclic amines) is 1. The summed E-state index contributed by atoms with van der Waals surface area (Å²) in [5.41, 5.74) is -3.23. The predicted molar refractivity (Wildman–Crippen MR) is 61.5 cm³/mol. The lowest BCUT2D eigenvalue weighted by molar-refractivity contribution is -0.137. The number of benzene rings is 1. The summed E-state index contributed by atoms with van der Waals surface area (Å²) in [4.78, 5) is 11.4. The Morgan fingerprint density at radius 1 is 1.37 bits per heavy atom. The maximum Gasteiger partial charge on any atom is 0.416 e. The van der Waals surface area contributed by atoms with E-state index in [-0.39, 0.29) is 10.0 Å². The van der Waals surface area contributed by atoms with Crippen LogP contribution in [0.3, 0.4) is 0 Å². The Morgan fingerprint density at radius 2 is 1.95 bits per heavy atom. The van der Waals surface area contributed by atoms with Gasteiger partial charge in [0.05, 0.1) is 18.7 Å². The second kappa shape index (κ2) is 4.36. The van der Waals surface area contributed by atoms with Crippen molar-refractivity contribution in [1.82, 2.24) is 4.90 Å². The zero-order valence-electron chi connectivity index (χ0n) is 9.34. The van der Waals surface area contributed by atoms with E-state index in [9.17, 15) is 22.4 Å². The van der Waals surface area contributed by atoms with Crippen LogP contribution in [0.2, 0.25) is 0 Å². The third kappa shape index (κ3) is 2.54. The molecular formula is C11H8BrF4NO2. The molecule has 0 radical (unpaired) electrons. The number of amides is 1. The highest BCUT2D eigenvalue weighted by atomic mass is 79.9. The molecule has 19 heavy (non-hydrogen) atoms. The molecule has 1 N–H and O–H groups in total. The van der Waals surface area contributed by atoms with Crippen molar-refractivity contribution in [2.24, 2.45) is 0 Å². The van der Waals surface area contributed by atoms with Gasteiger partial charge in [0.2, 0.25) is 0 Å². The van der Waals surface area contributed by atoms with E-state index < -0.39 is 36.6 Å². The molecule has 1 aromatic carbocycles. The molecule has 1 aliphatic heterocycles. The summed E-state index contributed by atoms with van der Waals surface area (Å²) >= 11 is 2.99. The molecule has 0 unspecified atom stereocenters. The number of hydrogen-bond acceptors (Lipinski definition) is 1. The second-order valence-corrected chi connectivity index (χ2v) is 5.15. The van der Waals surface area contributed by atoms with Gasteiger partial charge in [-0.05, 0) is 18.2 Å². The van der Waals surface area contributed by atoms with Crippen molar-refractivity contribution in [3.05, 3.63) is 33.8 Å². The minimum Gasteiger partial charge on any atom is -0.465 e. The summed E-state index contributed by atoms with van der Waals surface area (Å²) in [5.74, 6) is 0. The number of rotatable bonds is 1. The monoisotopic (exact) mass is 341 g/mol.